The fourth-order valence-electron chi connectivity index (χ4n) is 3.38. The summed E-state index contributed by atoms with van der Waals surface area (Å²) < 4.78 is 7.70. The number of amides is 1. The van der Waals surface area contributed by atoms with Crippen molar-refractivity contribution in [3.05, 3.63) is 66.0 Å². The van der Waals surface area contributed by atoms with Gasteiger partial charge < -0.3 is 10.1 Å². The van der Waals surface area contributed by atoms with E-state index in [1.54, 1.807) is 36.3 Å². The number of nitrogens with one attached hydrogen (secondary N) is 1. The molecule has 0 saturated carbocycles. The third-order valence-electron chi connectivity index (χ3n) is 4.82. The van der Waals surface area contributed by atoms with Crippen molar-refractivity contribution in [1.82, 2.24) is 20.0 Å². The van der Waals surface area contributed by atoms with Crippen LogP contribution in [0.3, 0.4) is 0 Å². The van der Waals surface area contributed by atoms with Crippen LogP contribution in [0.2, 0.25) is 0 Å². The zero-order chi connectivity index (χ0) is 21.3. The number of ether oxygens (including phenoxy) is 1. The van der Waals surface area contributed by atoms with Gasteiger partial charge in [-0.15, -0.1) is 5.10 Å². The molecule has 0 fully saturated rings. The van der Waals surface area contributed by atoms with Crippen molar-refractivity contribution in [2.24, 2.45) is 7.05 Å². The number of anilines is 1. The Morgan fingerprint density at radius 3 is 2.70 bits per heavy atom. The Morgan fingerprint density at radius 2 is 1.97 bits per heavy atom. The Morgan fingerprint density at radius 1 is 1.17 bits per heavy atom. The molecule has 0 spiro atoms. The summed E-state index contributed by atoms with van der Waals surface area (Å²) in [5.41, 5.74) is 2.88. The molecule has 0 aliphatic rings. The third kappa shape index (κ3) is 3.74. The number of carbonyl (C=O) groups is 1. The molecule has 152 valence electrons. The van der Waals surface area contributed by atoms with Crippen molar-refractivity contribution in [2.45, 2.75) is 26.9 Å². The summed E-state index contributed by atoms with van der Waals surface area (Å²) in [5, 5.41) is 17.5. The molecule has 7 nitrogen and oxygen atoms in total. The Hall–Kier alpha value is -3.74. The van der Waals surface area contributed by atoms with E-state index in [0.29, 0.717) is 17.1 Å². The molecule has 2 aromatic heterocycles. The van der Waals surface area contributed by atoms with Gasteiger partial charge in [0.15, 0.2) is 0 Å². The fourth-order valence-corrected chi connectivity index (χ4v) is 3.38. The van der Waals surface area contributed by atoms with Crippen LogP contribution < -0.4 is 10.1 Å². The van der Waals surface area contributed by atoms with Gasteiger partial charge in [-0.1, -0.05) is 24.3 Å². The summed E-state index contributed by atoms with van der Waals surface area (Å²) in [6, 6.07) is 13.4. The number of carbonyl (C=O) groups excluding carboxylic acids is 1. The van der Waals surface area contributed by atoms with Gasteiger partial charge in [0.2, 0.25) is 0 Å². The minimum atomic E-state index is -0.222. The van der Waals surface area contributed by atoms with Gasteiger partial charge in [-0.2, -0.15) is 10.2 Å². The van der Waals surface area contributed by atoms with Crippen LogP contribution >= 0.6 is 0 Å². The number of aryl methyl sites for hydroxylation is 2. The van der Waals surface area contributed by atoms with Crippen molar-refractivity contribution < 1.29 is 9.53 Å². The van der Waals surface area contributed by atoms with E-state index >= 15 is 0 Å². The third-order valence-corrected chi connectivity index (χ3v) is 4.82. The maximum atomic E-state index is 12.9. The fraction of sp³-hybridized carbons (Fsp3) is 0.217. The first-order valence-corrected chi connectivity index (χ1v) is 9.75. The first kappa shape index (κ1) is 19.6. The highest BCUT2D eigenvalue weighted by Gasteiger charge is 2.19. The number of fused-ring (bicyclic) bond motifs is 1. The van der Waals surface area contributed by atoms with Crippen LogP contribution in [-0.4, -0.2) is 32.0 Å². The van der Waals surface area contributed by atoms with Crippen molar-refractivity contribution in [1.29, 1.82) is 0 Å². The predicted octanol–water partition coefficient (Wildman–Crippen LogP) is 4.38. The molecule has 4 rings (SSSR count). The molecule has 0 radical (unpaired) electrons. The second-order valence-electron chi connectivity index (χ2n) is 7.40. The zero-order valence-corrected chi connectivity index (χ0v) is 17.4. The molecular formula is C23H23N5O2. The van der Waals surface area contributed by atoms with E-state index in [2.05, 4.69) is 20.6 Å². The molecular weight excluding hydrogens is 378 g/mol. The summed E-state index contributed by atoms with van der Waals surface area (Å²) in [5.74, 6) is 0.992. The molecule has 4 aromatic rings. The number of rotatable bonds is 5. The Bertz CT molecular complexity index is 1220. The number of hydrogen-bond donors (Lipinski definition) is 1. The summed E-state index contributed by atoms with van der Waals surface area (Å²) in [4.78, 5) is 12.9. The number of hydrogen-bond acceptors (Lipinski definition) is 5. The van der Waals surface area contributed by atoms with Crippen molar-refractivity contribution in [2.75, 3.05) is 5.32 Å². The molecule has 0 bridgehead atoms. The average molecular weight is 401 g/mol. The predicted molar refractivity (Wildman–Crippen MR) is 117 cm³/mol. The summed E-state index contributed by atoms with van der Waals surface area (Å²) in [7, 11) is 1.78. The lowest BCUT2D eigenvalue weighted by Gasteiger charge is -2.18. The van der Waals surface area contributed by atoms with Gasteiger partial charge in [0.05, 0.1) is 18.5 Å². The minimum absolute atomic E-state index is 0.0672. The van der Waals surface area contributed by atoms with Crippen molar-refractivity contribution in [3.8, 4) is 17.0 Å². The van der Waals surface area contributed by atoms with Crippen LogP contribution in [0.5, 0.6) is 5.75 Å². The summed E-state index contributed by atoms with van der Waals surface area (Å²) in [6.07, 6.45) is 3.31. The van der Waals surface area contributed by atoms with Gasteiger partial charge in [-0.05, 0) is 38.5 Å². The molecule has 0 aliphatic heterocycles. The maximum absolute atomic E-state index is 12.9. The highest BCUT2D eigenvalue weighted by atomic mass is 16.5. The molecule has 0 aliphatic carbocycles. The minimum Gasteiger partial charge on any atom is -0.490 e. The maximum Gasteiger partial charge on any atom is 0.257 e. The Kier molecular flexibility index (Phi) is 5.18. The van der Waals surface area contributed by atoms with Crippen LogP contribution in [0.25, 0.3) is 22.0 Å². The van der Waals surface area contributed by atoms with Gasteiger partial charge in [0.1, 0.15) is 17.3 Å². The van der Waals surface area contributed by atoms with Gasteiger partial charge in [0.25, 0.3) is 5.91 Å². The molecule has 7 heteroatoms. The van der Waals surface area contributed by atoms with E-state index in [9.17, 15) is 4.79 Å². The van der Waals surface area contributed by atoms with E-state index in [0.717, 1.165) is 27.6 Å². The number of aromatic nitrogens is 4. The van der Waals surface area contributed by atoms with E-state index < -0.39 is 0 Å². The summed E-state index contributed by atoms with van der Waals surface area (Å²) >= 11 is 0. The molecule has 0 saturated heterocycles. The van der Waals surface area contributed by atoms with E-state index in [1.807, 2.05) is 51.1 Å². The molecule has 0 atom stereocenters. The zero-order valence-electron chi connectivity index (χ0n) is 17.4. The molecule has 2 heterocycles. The second-order valence-corrected chi connectivity index (χ2v) is 7.40. The topological polar surface area (TPSA) is 81.9 Å². The van der Waals surface area contributed by atoms with Crippen LogP contribution in [-0.2, 0) is 7.05 Å². The first-order chi connectivity index (χ1) is 14.4. The molecule has 0 unspecified atom stereocenters. The number of nitrogens with zero attached hydrogens (tertiary/aromatic N) is 4. The molecule has 30 heavy (non-hydrogen) atoms. The lowest BCUT2D eigenvalue weighted by Crippen LogP contribution is -2.17. The quantitative estimate of drug-likeness (QED) is 0.537. The summed E-state index contributed by atoms with van der Waals surface area (Å²) in [6.45, 7) is 5.81. The van der Waals surface area contributed by atoms with Crippen LogP contribution in [0.15, 0.2) is 54.9 Å². The van der Waals surface area contributed by atoms with Gasteiger partial charge in [0, 0.05) is 35.0 Å². The monoisotopic (exact) mass is 401 g/mol. The SMILES string of the molecule is Cc1cc(-c2nncc3ccccc23)c(OC(C)C)cc1C(=O)Nc1ccnn1C. The molecule has 2 aromatic carbocycles. The largest absolute Gasteiger partial charge is 0.490 e. The normalized spacial score (nSPS) is 11.1. The van der Waals surface area contributed by atoms with Crippen LogP contribution in [0, 0.1) is 6.92 Å². The Labute approximate surface area is 174 Å². The van der Waals surface area contributed by atoms with E-state index in [-0.39, 0.29) is 12.0 Å². The van der Waals surface area contributed by atoms with Crippen molar-refractivity contribution >= 4 is 22.5 Å². The Balaban J connectivity index is 1.83. The van der Waals surface area contributed by atoms with Crippen LogP contribution in [0.4, 0.5) is 5.82 Å². The van der Waals surface area contributed by atoms with Crippen LogP contribution in [0.1, 0.15) is 29.8 Å². The number of benzene rings is 2. The highest BCUT2D eigenvalue weighted by molar-refractivity contribution is 6.06. The standard InChI is InChI=1S/C23H23N5O2/c1-14(2)30-20-12-18(23(29)26-21-9-10-25-28(21)4)15(3)11-19(20)22-17-8-6-5-7-16(17)13-24-27-22/h5-14H,1-4H3,(H,26,29). The van der Waals surface area contributed by atoms with E-state index in [1.165, 1.54) is 0 Å². The van der Waals surface area contributed by atoms with E-state index in [4.69, 9.17) is 4.74 Å². The lowest BCUT2D eigenvalue weighted by atomic mass is 9.98. The van der Waals surface area contributed by atoms with Gasteiger partial charge in [-0.25, -0.2) is 0 Å². The smallest absolute Gasteiger partial charge is 0.257 e. The average Bonchev–Trinajstić information content (AvgIpc) is 3.12. The first-order valence-electron chi connectivity index (χ1n) is 9.75. The molecule has 1 N–H and O–H groups in total. The second kappa shape index (κ2) is 7.94. The van der Waals surface area contributed by atoms with Crippen molar-refractivity contribution in [3.63, 3.8) is 0 Å². The lowest BCUT2D eigenvalue weighted by molar-refractivity contribution is 0.102. The van der Waals surface area contributed by atoms with Gasteiger partial charge >= 0.3 is 0 Å². The molecule has 1 amide bonds. The highest BCUT2D eigenvalue weighted by Crippen LogP contribution is 2.36. The van der Waals surface area contributed by atoms with Gasteiger partial charge in [-0.3, -0.25) is 9.48 Å².